The van der Waals surface area contributed by atoms with Crippen LogP contribution in [0.5, 0.6) is 0 Å². The second kappa shape index (κ2) is 6.31. The monoisotopic (exact) mass is 267 g/mol. The average Bonchev–Trinajstić information content (AvgIpc) is 2.99. The molecule has 2 atom stereocenters. The molecule has 2 nitrogen and oxygen atoms in total. The first-order chi connectivity index (χ1) is 8.25. The van der Waals surface area contributed by atoms with Crippen molar-refractivity contribution >= 4 is 22.7 Å². The van der Waals surface area contributed by atoms with E-state index in [-0.39, 0.29) is 6.10 Å². The molecule has 2 rings (SSSR count). The van der Waals surface area contributed by atoms with E-state index < -0.39 is 0 Å². The fourth-order valence-corrected chi connectivity index (χ4v) is 3.08. The van der Waals surface area contributed by atoms with Gasteiger partial charge in [-0.15, -0.1) is 22.7 Å². The molecule has 0 saturated heterocycles. The van der Waals surface area contributed by atoms with Crippen molar-refractivity contribution < 1.29 is 5.11 Å². The van der Waals surface area contributed by atoms with Gasteiger partial charge in [0, 0.05) is 22.3 Å². The van der Waals surface area contributed by atoms with Crippen LogP contribution >= 0.6 is 22.7 Å². The van der Waals surface area contributed by atoms with Crippen molar-refractivity contribution in [3.05, 3.63) is 44.8 Å². The van der Waals surface area contributed by atoms with Gasteiger partial charge in [-0.2, -0.15) is 0 Å². The molecule has 2 N–H and O–H groups in total. The Bertz CT molecular complexity index is 411. The van der Waals surface area contributed by atoms with E-state index in [1.54, 1.807) is 22.7 Å². The highest BCUT2D eigenvalue weighted by Gasteiger charge is 2.12. The second-order valence-electron chi connectivity index (χ2n) is 4.13. The highest BCUT2D eigenvalue weighted by molar-refractivity contribution is 7.10. The molecule has 0 radical (unpaired) electrons. The lowest BCUT2D eigenvalue weighted by Gasteiger charge is -2.16. The minimum atomic E-state index is -0.346. The number of aliphatic hydroxyl groups is 1. The number of thiophene rings is 2. The van der Waals surface area contributed by atoms with Crippen molar-refractivity contribution in [3.63, 3.8) is 0 Å². The summed E-state index contributed by atoms with van der Waals surface area (Å²) in [5, 5.41) is 17.5. The molecule has 0 aliphatic carbocycles. The molecule has 2 heterocycles. The van der Waals surface area contributed by atoms with Gasteiger partial charge < -0.3 is 10.4 Å². The summed E-state index contributed by atoms with van der Waals surface area (Å²) in [5.41, 5.74) is 0. The maximum Gasteiger partial charge on any atom is 0.0896 e. The molecule has 2 aromatic rings. The number of rotatable bonds is 6. The van der Waals surface area contributed by atoms with E-state index in [0.29, 0.717) is 6.04 Å². The maximum absolute atomic E-state index is 10.0. The van der Waals surface area contributed by atoms with Crippen LogP contribution in [-0.4, -0.2) is 11.1 Å². The molecule has 0 aliphatic rings. The third-order valence-electron chi connectivity index (χ3n) is 2.65. The Morgan fingerprint density at radius 1 is 1.24 bits per heavy atom. The first-order valence-corrected chi connectivity index (χ1v) is 7.49. The average molecular weight is 267 g/mol. The Labute approximate surface area is 110 Å². The molecule has 0 unspecified atom stereocenters. The van der Waals surface area contributed by atoms with Crippen LogP contribution in [0.1, 0.15) is 29.2 Å². The van der Waals surface area contributed by atoms with Gasteiger partial charge in [0.05, 0.1) is 6.10 Å². The fourth-order valence-electron chi connectivity index (χ4n) is 1.70. The first kappa shape index (κ1) is 12.8. The van der Waals surface area contributed by atoms with Gasteiger partial charge in [-0.3, -0.25) is 0 Å². The van der Waals surface area contributed by atoms with Crippen LogP contribution in [0.3, 0.4) is 0 Å². The summed E-state index contributed by atoms with van der Waals surface area (Å²) in [7, 11) is 0. The minimum absolute atomic E-state index is 0.314. The largest absolute Gasteiger partial charge is 0.388 e. The van der Waals surface area contributed by atoms with Gasteiger partial charge in [-0.05, 0) is 36.2 Å². The van der Waals surface area contributed by atoms with Gasteiger partial charge in [0.2, 0.25) is 0 Å². The van der Waals surface area contributed by atoms with Crippen LogP contribution in [0.25, 0.3) is 0 Å². The summed E-state index contributed by atoms with van der Waals surface area (Å²) >= 11 is 3.37. The van der Waals surface area contributed by atoms with Gasteiger partial charge in [-0.1, -0.05) is 12.1 Å². The van der Waals surface area contributed by atoms with E-state index in [9.17, 15) is 5.11 Å². The van der Waals surface area contributed by atoms with Crippen molar-refractivity contribution in [2.75, 3.05) is 0 Å². The van der Waals surface area contributed by atoms with Gasteiger partial charge in [0.25, 0.3) is 0 Å². The summed E-state index contributed by atoms with van der Waals surface area (Å²) in [4.78, 5) is 2.39. The topological polar surface area (TPSA) is 32.3 Å². The zero-order valence-electron chi connectivity index (χ0n) is 9.80. The standard InChI is InChI=1S/C13H17NOS2/c1-10(14-9-11-4-2-6-16-11)8-12(15)13-5-3-7-17-13/h2-7,10,12,14-15H,8-9H2,1H3/t10-,12+/m0/s1. The predicted molar refractivity (Wildman–Crippen MR) is 74.5 cm³/mol. The quantitative estimate of drug-likeness (QED) is 0.840. The highest BCUT2D eigenvalue weighted by Crippen LogP contribution is 2.23. The van der Waals surface area contributed by atoms with Crippen molar-refractivity contribution in [1.29, 1.82) is 0 Å². The van der Waals surface area contributed by atoms with Crippen LogP contribution in [0, 0.1) is 0 Å². The third-order valence-corrected chi connectivity index (χ3v) is 4.50. The van der Waals surface area contributed by atoms with E-state index in [1.165, 1.54) is 4.88 Å². The molecular formula is C13H17NOS2. The zero-order valence-corrected chi connectivity index (χ0v) is 11.4. The van der Waals surface area contributed by atoms with Crippen molar-refractivity contribution in [3.8, 4) is 0 Å². The van der Waals surface area contributed by atoms with Gasteiger partial charge in [-0.25, -0.2) is 0 Å². The van der Waals surface area contributed by atoms with E-state index in [1.807, 2.05) is 17.5 Å². The van der Waals surface area contributed by atoms with E-state index in [4.69, 9.17) is 0 Å². The van der Waals surface area contributed by atoms with Crippen molar-refractivity contribution in [1.82, 2.24) is 5.32 Å². The fraction of sp³-hybridized carbons (Fsp3) is 0.385. The minimum Gasteiger partial charge on any atom is -0.388 e. The Kier molecular flexibility index (Phi) is 4.74. The molecule has 0 aromatic carbocycles. The number of hydrogen-bond acceptors (Lipinski definition) is 4. The normalized spacial score (nSPS) is 14.7. The molecule has 0 aliphatic heterocycles. The summed E-state index contributed by atoms with van der Waals surface area (Å²) < 4.78 is 0. The van der Waals surface area contributed by atoms with E-state index >= 15 is 0 Å². The lowest BCUT2D eigenvalue weighted by molar-refractivity contribution is 0.157. The molecular weight excluding hydrogens is 250 g/mol. The summed E-state index contributed by atoms with van der Waals surface area (Å²) in [5.74, 6) is 0. The summed E-state index contributed by atoms with van der Waals surface area (Å²) in [6, 6.07) is 8.47. The lowest BCUT2D eigenvalue weighted by atomic mass is 10.1. The van der Waals surface area contributed by atoms with Crippen molar-refractivity contribution in [2.24, 2.45) is 0 Å². The number of hydrogen-bond donors (Lipinski definition) is 2. The third kappa shape index (κ3) is 3.92. The molecule has 0 fully saturated rings. The molecule has 17 heavy (non-hydrogen) atoms. The molecule has 92 valence electrons. The van der Waals surface area contributed by atoms with Crippen LogP contribution in [-0.2, 0) is 6.54 Å². The Hall–Kier alpha value is -0.680. The van der Waals surface area contributed by atoms with Crippen LogP contribution in [0.2, 0.25) is 0 Å². The molecule has 0 amide bonds. The number of aliphatic hydroxyl groups excluding tert-OH is 1. The van der Waals surface area contributed by atoms with E-state index in [2.05, 4.69) is 29.8 Å². The first-order valence-electron chi connectivity index (χ1n) is 5.73. The molecule has 0 spiro atoms. The van der Waals surface area contributed by atoms with Gasteiger partial charge in [0.1, 0.15) is 0 Å². The maximum atomic E-state index is 10.0. The SMILES string of the molecule is C[C@@H](C[C@@H](O)c1cccs1)NCc1cccs1. The van der Waals surface area contributed by atoms with E-state index in [0.717, 1.165) is 17.8 Å². The second-order valence-corrected chi connectivity index (χ2v) is 6.14. The summed E-state index contributed by atoms with van der Waals surface area (Å²) in [6.45, 7) is 3.00. The zero-order chi connectivity index (χ0) is 12.1. The van der Waals surface area contributed by atoms with Gasteiger partial charge >= 0.3 is 0 Å². The summed E-state index contributed by atoms with van der Waals surface area (Å²) in [6.07, 6.45) is 0.409. The Morgan fingerprint density at radius 2 is 2.00 bits per heavy atom. The van der Waals surface area contributed by atoms with Crippen molar-refractivity contribution in [2.45, 2.75) is 32.0 Å². The smallest absolute Gasteiger partial charge is 0.0896 e. The van der Waals surface area contributed by atoms with Crippen LogP contribution in [0.4, 0.5) is 0 Å². The predicted octanol–water partition coefficient (Wildman–Crippen LogP) is 3.41. The number of nitrogens with one attached hydrogen (secondary N) is 1. The molecule has 2 aromatic heterocycles. The Balaban J connectivity index is 1.75. The Morgan fingerprint density at radius 3 is 2.65 bits per heavy atom. The molecule has 0 saturated carbocycles. The van der Waals surface area contributed by atoms with Crippen LogP contribution < -0.4 is 5.32 Å². The van der Waals surface area contributed by atoms with Crippen LogP contribution in [0.15, 0.2) is 35.0 Å². The highest BCUT2D eigenvalue weighted by atomic mass is 32.1. The molecule has 4 heteroatoms. The lowest BCUT2D eigenvalue weighted by Crippen LogP contribution is -2.26. The molecule has 0 bridgehead atoms. The van der Waals surface area contributed by atoms with Gasteiger partial charge in [0.15, 0.2) is 0 Å².